The maximum Gasteiger partial charge on any atom is 0.229 e. The average Bonchev–Trinajstić information content (AvgIpc) is 2.96. The molecule has 2 heterocycles. The van der Waals surface area contributed by atoms with Gasteiger partial charge in [0.1, 0.15) is 0 Å². The number of hydrogen-bond acceptors (Lipinski definition) is 3. The molecule has 0 fully saturated rings. The number of aromatic nitrogens is 2. The molecule has 0 aliphatic carbocycles. The highest BCUT2D eigenvalue weighted by Crippen LogP contribution is 2.19. The van der Waals surface area contributed by atoms with Crippen LogP contribution in [-0.2, 0) is 11.2 Å². The van der Waals surface area contributed by atoms with Gasteiger partial charge in [0.05, 0.1) is 17.5 Å². The lowest BCUT2D eigenvalue weighted by Crippen LogP contribution is -2.13. The van der Waals surface area contributed by atoms with Gasteiger partial charge in [-0.2, -0.15) is 0 Å². The summed E-state index contributed by atoms with van der Waals surface area (Å²) in [5, 5.41) is 5.16. The van der Waals surface area contributed by atoms with E-state index in [0.29, 0.717) is 11.7 Å². The number of carbonyl (C=O) groups is 1. The van der Waals surface area contributed by atoms with Gasteiger partial charge in [-0.3, -0.25) is 4.79 Å². The molecule has 3 aromatic rings. The molecular formula is C13H10ClN3OS. The Morgan fingerprint density at radius 3 is 3.11 bits per heavy atom. The fourth-order valence-corrected chi connectivity index (χ4v) is 2.73. The molecule has 1 aromatic carbocycles. The van der Waals surface area contributed by atoms with Gasteiger partial charge in [-0.05, 0) is 41.2 Å². The van der Waals surface area contributed by atoms with Gasteiger partial charge in [0.15, 0.2) is 0 Å². The topological polar surface area (TPSA) is 57.8 Å². The summed E-state index contributed by atoms with van der Waals surface area (Å²) in [6, 6.07) is 9.33. The Morgan fingerprint density at radius 1 is 1.42 bits per heavy atom. The van der Waals surface area contributed by atoms with E-state index in [1.54, 1.807) is 11.3 Å². The number of aromatic amines is 1. The van der Waals surface area contributed by atoms with Gasteiger partial charge in [-0.15, -0.1) is 11.3 Å². The number of benzene rings is 1. The fourth-order valence-electron chi connectivity index (χ4n) is 1.83. The Kier molecular flexibility index (Phi) is 3.23. The van der Waals surface area contributed by atoms with E-state index in [0.717, 1.165) is 21.6 Å². The Hall–Kier alpha value is -1.85. The number of nitrogens with zero attached hydrogens (tertiary/aromatic N) is 1. The number of anilines is 1. The highest BCUT2D eigenvalue weighted by atomic mass is 35.5. The molecule has 2 N–H and O–H groups in total. The number of carbonyl (C=O) groups excluding carboxylic acids is 1. The lowest BCUT2D eigenvalue weighted by Gasteiger charge is -2.03. The molecule has 1 amide bonds. The van der Waals surface area contributed by atoms with E-state index in [4.69, 9.17) is 11.6 Å². The minimum Gasteiger partial charge on any atom is -0.329 e. The van der Waals surface area contributed by atoms with E-state index < -0.39 is 0 Å². The van der Waals surface area contributed by atoms with Crippen LogP contribution in [0, 0.1) is 0 Å². The second-order valence-electron chi connectivity index (χ2n) is 4.06. The molecule has 2 aromatic heterocycles. The van der Waals surface area contributed by atoms with Crippen molar-refractivity contribution in [3.05, 3.63) is 45.9 Å². The van der Waals surface area contributed by atoms with Gasteiger partial charge in [-0.1, -0.05) is 6.07 Å². The summed E-state index contributed by atoms with van der Waals surface area (Å²) in [5.41, 5.74) is 2.31. The van der Waals surface area contributed by atoms with Gasteiger partial charge in [0, 0.05) is 10.6 Å². The molecule has 0 saturated heterocycles. The summed E-state index contributed by atoms with van der Waals surface area (Å²) in [5.74, 6) is -0.0348. The summed E-state index contributed by atoms with van der Waals surface area (Å²) in [6.07, 6.45) is 0.388. The van der Waals surface area contributed by atoms with E-state index in [1.807, 2.05) is 35.7 Å². The van der Waals surface area contributed by atoms with E-state index in [2.05, 4.69) is 15.3 Å². The first-order valence-electron chi connectivity index (χ1n) is 5.68. The standard InChI is InChI=1S/C13H10ClN3OS/c14-13-16-10-4-3-8(6-11(10)17-13)15-12(18)7-9-2-1-5-19-9/h1-6H,7H2,(H,15,18)(H,16,17). The summed E-state index contributed by atoms with van der Waals surface area (Å²) in [7, 11) is 0. The largest absolute Gasteiger partial charge is 0.329 e. The van der Waals surface area contributed by atoms with Crippen molar-refractivity contribution in [3.8, 4) is 0 Å². The second kappa shape index (κ2) is 5.03. The van der Waals surface area contributed by atoms with Crippen molar-refractivity contribution in [3.63, 3.8) is 0 Å². The molecule has 96 valence electrons. The number of rotatable bonds is 3. The molecule has 0 unspecified atom stereocenters. The average molecular weight is 292 g/mol. The number of thiophene rings is 1. The van der Waals surface area contributed by atoms with Crippen LogP contribution in [0.5, 0.6) is 0 Å². The lowest BCUT2D eigenvalue weighted by atomic mass is 10.2. The summed E-state index contributed by atoms with van der Waals surface area (Å²) in [4.78, 5) is 19.9. The predicted octanol–water partition coefficient (Wildman–Crippen LogP) is 3.46. The maximum atomic E-state index is 11.9. The number of amides is 1. The Bertz CT molecular complexity index is 721. The fraction of sp³-hybridized carbons (Fsp3) is 0.0769. The molecule has 0 radical (unpaired) electrons. The summed E-state index contributed by atoms with van der Waals surface area (Å²) >= 11 is 7.36. The molecule has 4 nitrogen and oxygen atoms in total. The van der Waals surface area contributed by atoms with E-state index in [-0.39, 0.29) is 5.91 Å². The molecule has 0 spiro atoms. The smallest absolute Gasteiger partial charge is 0.229 e. The number of hydrogen-bond donors (Lipinski definition) is 2. The third-order valence-electron chi connectivity index (χ3n) is 2.65. The zero-order valence-corrected chi connectivity index (χ0v) is 11.4. The van der Waals surface area contributed by atoms with Gasteiger partial charge < -0.3 is 10.3 Å². The molecule has 0 bridgehead atoms. The number of imidazole rings is 1. The first-order chi connectivity index (χ1) is 9.20. The molecule has 0 aliphatic rings. The van der Waals surface area contributed by atoms with Crippen LogP contribution in [0.3, 0.4) is 0 Å². The Balaban J connectivity index is 1.75. The van der Waals surface area contributed by atoms with Crippen LogP contribution in [0.4, 0.5) is 5.69 Å². The zero-order valence-electron chi connectivity index (χ0n) is 9.81. The van der Waals surface area contributed by atoms with E-state index in [1.165, 1.54) is 0 Å². The SMILES string of the molecule is O=C(Cc1cccs1)Nc1ccc2nc(Cl)[nH]c2c1. The van der Waals surface area contributed by atoms with Crippen molar-refractivity contribution in [2.75, 3.05) is 5.32 Å². The normalized spacial score (nSPS) is 10.8. The molecular weight excluding hydrogens is 282 g/mol. The van der Waals surface area contributed by atoms with Crippen LogP contribution in [0.2, 0.25) is 5.28 Å². The van der Waals surface area contributed by atoms with Crippen molar-refractivity contribution in [1.29, 1.82) is 0 Å². The quantitative estimate of drug-likeness (QED) is 0.776. The van der Waals surface area contributed by atoms with E-state index >= 15 is 0 Å². The van der Waals surface area contributed by atoms with Crippen molar-refractivity contribution in [2.45, 2.75) is 6.42 Å². The van der Waals surface area contributed by atoms with Crippen molar-refractivity contribution in [1.82, 2.24) is 9.97 Å². The number of H-pyrrole nitrogens is 1. The third kappa shape index (κ3) is 2.77. The van der Waals surface area contributed by atoms with Crippen LogP contribution < -0.4 is 5.32 Å². The molecule has 3 rings (SSSR count). The highest BCUT2D eigenvalue weighted by Gasteiger charge is 2.06. The molecule has 6 heteroatoms. The van der Waals surface area contributed by atoms with E-state index in [9.17, 15) is 4.79 Å². The molecule has 0 saturated carbocycles. The van der Waals surface area contributed by atoms with Crippen LogP contribution in [0.1, 0.15) is 4.88 Å². The number of nitrogens with one attached hydrogen (secondary N) is 2. The van der Waals surface area contributed by atoms with Gasteiger partial charge in [0.2, 0.25) is 11.2 Å². The molecule has 19 heavy (non-hydrogen) atoms. The maximum absolute atomic E-state index is 11.9. The minimum absolute atomic E-state index is 0.0348. The minimum atomic E-state index is -0.0348. The van der Waals surface area contributed by atoms with Crippen LogP contribution >= 0.6 is 22.9 Å². The number of halogens is 1. The van der Waals surface area contributed by atoms with Crippen molar-refractivity contribution in [2.24, 2.45) is 0 Å². The Morgan fingerprint density at radius 2 is 2.32 bits per heavy atom. The summed E-state index contributed by atoms with van der Waals surface area (Å²) < 4.78 is 0. The zero-order chi connectivity index (χ0) is 13.2. The first-order valence-corrected chi connectivity index (χ1v) is 6.94. The van der Waals surface area contributed by atoms with Crippen LogP contribution in [-0.4, -0.2) is 15.9 Å². The summed E-state index contributed by atoms with van der Waals surface area (Å²) in [6.45, 7) is 0. The number of fused-ring (bicyclic) bond motifs is 1. The second-order valence-corrected chi connectivity index (χ2v) is 5.45. The lowest BCUT2D eigenvalue weighted by molar-refractivity contribution is -0.115. The highest BCUT2D eigenvalue weighted by molar-refractivity contribution is 7.10. The van der Waals surface area contributed by atoms with Crippen molar-refractivity contribution < 1.29 is 4.79 Å². The first kappa shape index (κ1) is 12.2. The Labute approximate surface area is 118 Å². The van der Waals surface area contributed by atoms with Crippen LogP contribution in [0.15, 0.2) is 35.7 Å². The van der Waals surface area contributed by atoms with Gasteiger partial charge in [0.25, 0.3) is 0 Å². The van der Waals surface area contributed by atoms with Crippen molar-refractivity contribution >= 4 is 45.6 Å². The predicted molar refractivity (Wildman–Crippen MR) is 77.8 cm³/mol. The van der Waals surface area contributed by atoms with Gasteiger partial charge in [-0.25, -0.2) is 4.98 Å². The molecule has 0 aliphatic heterocycles. The third-order valence-corrected chi connectivity index (χ3v) is 3.71. The van der Waals surface area contributed by atoms with Crippen LogP contribution in [0.25, 0.3) is 11.0 Å². The molecule has 0 atom stereocenters. The van der Waals surface area contributed by atoms with Gasteiger partial charge >= 0.3 is 0 Å². The monoisotopic (exact) mass is 291 g/mol.